The van der Waals surface area contributed by atoms with Gasteiger partial charge in [0.1, 0.15) is 5.82 Å². The van der Waals surface area contributed by atoms with Crippen LogP contribution < -0.4 is 11.1 Å². The molecule has 0 aliphatic carbocycles. The summed E-state index contributed by atoms with van der Waals surface area (Å²) in [6.45, 7) is 0. The van der Waals surface area contributed by atoms with Crippen LogP contribution in [0.5, 0.6) is 0 Å². The van der Waals surface area contributed by atoms with Crippen molar-refractivity contribution in [2.24, 2.45) is 0 Å². The Balaban J connectivity index is 2.03. The predicted octanol–water partition coefficient (Wildman–Crippen LogP) is 3.34. The molecular formula is C12H8ClFN4O. The number of hydrogen-bond acceptors (Lipinski definition) is 5. The Bertz CT molecular complexity index is 759. The number of nitrogens with zero attached hydrogens (tertiary/aromatic N) is 2. The van der Waals surface area contributed by atoms with Crippen molar-refractivity contribution in [3.05, 3.63) is 41.2 Å². The Morgan fingerprint density at radius 1 is 1.16 bits per heavy atom. The minimum atomic E-state index is -0.503. The second-order valence-electron chi connectivity index (χ2n) is 3.92. The van der Waals surface area contributed by atoms with Gasteiger partial charge >= 0.3 is 0 Å². The third-order valence-corrected chi connectivity index (χ3v) is 2.95. The van der Waals surface area contributed by atoms with Gasteiger partial charge in [-0.05, 0) is 40.6 Å². The lowest BCUT2D eigenvalue weighted by Crippen LogP contribution is -1.94. The van der Waals surface area contributed by atoms with Crippen LogP contribution in [0.1, 0.15) is 0 Å². The molecule has 0 aliphatic rings. The topological polar surface area (TPSA) is 77.0 Å². The summed E-state index contributed by atoms with van der Waals surface area (Å²) in [5, 5.41) is 10.6. The number of nitrogens with two attached hydrogens (primary N) is 1. The first-order valence-electron chi connectivity index (χ1n) is 5.38. The standard InChI is InChI=1S/C12H8ClFN4O/c13-7-2-1-6(5-8(7)14)16-10-4-3-9(15)11-12(10)18-19-17-11/h1-5,16H,15H2. The fourth-order valence-electron chi connectivity index (χ4n) is 1.72. The van der Waals surface area contributed by atoms with Gasteiger partial charge in [-0.3, -0.25) is 0 Å². The molecule has 0 bridgehead atoms. The van der Waals surface area contributed by atoms with Gasteiger partial charge in [0.25, 0.3) is 0 Å². The Morgan fingerprint density at radius 3 is 2.74 bits per heavy atom. The number of aromatic nitrogens is 2. The van der Waals surface area contributed by atoms with Crippen molar-refractivity contribution >= 4 is 39.7 Å². The monoisotopic (exact) mass is 278 g/mol. The lowest BCUT2D eigenvalue weighted by Gasteiger charge is -2.07. The van der Waals surface area contributed by atoms with E-state index in [0.717, 1.165) is 0 Å². The molecular weight excluding hydrogens is 271 g/mol. The van der Waals surface area contributed by atoms with E-state index in [0.29, 0.717) is 28.1 Å². The van der Waals surface area contributed by atoms with E-state index >= 15 is 0 Å². The maximum absolute atomic E-state index is 13.4. The molecule has 5 nitrogen and oxygen atoms in total. The van der Waals surface area contributed by atoms with Gasteiger partial charge in [0.15, 0.2) is 11.0 Å². The Morgan fingerprint density at radius 2 is 1.95 bits per heavy atom. The molecule has 0 spiro atoms. The zero-order valence-corrected chi connectivity index (χ0v) is 10.3. The van der Waals surface area contributed by atoms with E-state index in [1.54, 1.807) is 18.2 Å². The van der Waals surface area contributed by atoms with Crippen LogP contribution in [0.2, 0.25) is 5.02 Å². The van der Waals surface area contributed by atoms with Crippen molar-refractivity contribution in [1.29, 1.82) is 0 Å². The van der Waals surface area contributed by atoms with E-state index in [1.807, 2.05) is 0 Å². The van der Waals surface area contributed by atoms with E-state index in [1.165, 1.54) is 12.1 Å². The summed E-state index contributed by atoms with van der Waals surface area (Å²) < 4.78 is 18.0. The molecule has 0 radical (unpaired) electrons. The number of hydrogen-bond donors (Lipinski definition) is 2. The smallest absolute Gasteiger partial charge is 0.160 e. The minimum absolute atomic E-state index is 0.0658. The maximum atomic E-state index is 13.4. The molecule has 1 aromatic heterocycles. The molecule has 2 aromatic carbocycles. The fraction of sp³-hybridized carbons (Fsp3) is 0. The van der Waals surface area contributed by atoms with Crippen molar-refractivity contribution in [1.82, 2.24) is 10.3 Å². The van der Waals surface area contributed by atoms with Gasteiger partial charge in [-0.15, -0.1) is 0 Å². The van der Waals surface area contributed by atoms with E-state index in [4.69, 9.17) is 17.3 Å². The van der Waals surface area contributed by atoms with Crippen LogP contribution in [0.25, 0.3) is 11.0 Å². The predicted molar refractivity (Wildman–Crippen MR) is 70.9 cm³/mol. The Kier molecular flexibility index (Phi) is 2.72. The van der Waals surface area contributed by atoms with Gasteiger partial charge < -0.3 is 11.1 Å². The average molecular weight is 279 g/mol. The number of nitrogens with one attached hydrogen (secondary N) is 1. The Labute approximate surface area is 112 Å². The highest BCUT2D eigenvalue weighted by molar-refractivity contribution is 6.30. The molecule has 96 valence electrons. The lowest BCUT2D eigenvalue weighted by molar-refractivity contribution is 0.316. The molecule has 0 saturated heterocycles. The van der Waals surface area contributed by atoms with Gasteiger partial charge in [-0.25, -0.2) is 9.02 Å². The maximum Gasteiger partial charge on any atom is 0.160 e. The highest BCUT2D eigenvalue weighted by Gasteiger charge is 2.10. The largest absolute Gasteiger partial charge is 0.397 e. The summed E-state index contributed by atoms with van der Waals surface area (Å²) in [6.07, 6.45) is 0. The molecule has 19 heavy (non-hydrogen) atoms. The van der Waals surface area contributed by atoms with Crippen molar-refractivity contribution in [2.45, 2.75) is 0 Å². The quantitative estimate of drug-likeness (QED) is 0.703. The van der Waals surface area contributed by atoms with E-state index in [-0.39, 0.29) is 5.02 Å². The van der Waals surface area contributed by atoms with Gasteiger partial charge in [0, 0.05) is 5.69 Å². The first-order valence-corrected chi connectivity index (χ1v) is 5.76. The van der Waals surface area contributed by atoms with Crippen LogP contribution in [0, 0.1) is 5.82 Å². The van der Waals surface area contributed by atoms with Gasteiger partial charge in [0.05, 0.1) is 16.4 Å². The van der Waals surface area contributed by atoms with Crippen LogP contribution >= 0.6 is 11.6 Å². The summed E-state index contributed by atoms with van der Waals surface area (Å²) in [7, 11) is 0. The number of halogens is 2. The number of fused-ring (bicyclic) bond motifs is 1. The minimum Gasteiger partial charge on any atom is -0.397 e. The van der Waals surface area contributed by atoms with Gasteiger partial charge in [-0.2, -0.15) is 0 Å². The summed E-state index contributed by atoms with van der Waals surface area (Å²) >= 11 is 5.63. The molecule has 0 atom stereocenters. The van der Waals surface area contributed by atoms with Gasteiger partial charge in [-0.1, -0.05) is 11.6 Å². The number of rotatable bonds is 2. The molecule has 0 fully saturated rings. The molecule has 0 amide bonds. The molecule has 1 heterocycles. The summed E-state index contributed by atoms with van der Waals surface area (Å²) in [5.41, 5.74) is 8.30. The second kappa shape index (κ2) is 4.40. The normalized spacial score (nSPS) is 10.8. The zero-order valence-electron chi connectivity index (χ0n) is 9.52. The highest BCUT2D eigenvalue weighted by Crippen LogP contribution is 2.28. The van der Waals surface area contributed by atoms with E-state index in [2.05, 4.69) is 20.3 Å². The van der Waals surface area contributed by atoms with Crippen LogP contribution in [0.3, 0.4) is 0 Å². The van der Waals surface area contributed by atoms with Crippen molar-refractivity contribution < 1.29 is 9.02 Å². The summed E-state index contributed by atoms with van der Waals surface area (Å²) in [6, 6.07) is 7.80. The van der Waals surface area contributed by atoms with Crippen molar-refractivity contribution in [3.63, 3.8) is 0 Å². The van der Waals surface area contributed by atoms with Crippen molar-refractivity contribution in [3.8, 4) is 0 Å². The summed E-state index contributed by atoms with van der Waals surface area (Å²) in [4.78, 5) is 0. The summed E-state index contributed by atoms with van der Waals surface area (Å²) in [5.74, 6) is -0.503. The molecule has 3 aromatic rings. The average Bonchev–Trinajstić information content (AvgIpc) is 2.87. The number of benzene rings is 2. The van der Waals surface area contributed by atoms with Crippen LogP contribution in [0.4, 0.5) is 21.5 Å². The van der Waals surface area contributed by atoms with Crippen LogP contribution in [-0.2, 0) is 0 Å². The van der Waals surface area contributed by atoms with Crippen molar-refractivity contribution in [2.75, 3.05) is 11.1 Å². The van der Waals surface area contributed by atoms with Crippen LogP contribution in [0.15, 0.2) is 35.0 Å². The zero-order chi connectivity index (χ0) is 13.4. The molecule has 3 N–H and O–H groups in total. The molecule has 0 aliphatic heterocycles. The SMILES string of the molecule is Nc1ccc(Nc2ccc(Cl)c(F)c2)c2nonc12. The third kappa shape index (κ3) is 2.06. The highest BCUT2D eigenvalue weighted by atomic mass is 35.5. The lowest BCUT2D eigenvalue weighted by atomic mass is 10.2. The first-order chi connectivity index (χ1) is 9.15. The van der Waals surface area contributed by atoms with E-state index < -0.39 is 5.82 Å². The number of nitrogen functional groups attached to an aromatic ring is 1. The van der Waals surface area contributed by atoms with Crippen LogP contribution in [-0.4, -0.2) is 10.3 Å². The molecule has 7 heteroatoms. The fourth-order valence-corrected chi connectivity index (χ4v) is 1.83. The number of anilines is 3. The third-order valence-electron chi connectivity index (χ3n) is 2.65. The Hall–Kier alpha value is -2.34. The second-order valence-corrected chi connectivity index (χ2v) is 4.32. The molecule has 3 rings (SSSR count). The van der Waals surface area contributed by atoms with E-state index in [9.17, 15) is 4.39 Å². The molecule has 0 saturated carbocycles. The molecule has 0 unspecified atom stereocenters. The van der Waals surface area contributed by atoms with Gasteiger partial charge in [0.2, 0.25) is 0 Å². The first kappa shape index (κ1) is 11.7.